The summed E-state index contributed by atoms with van der Waals surface area (Å²) < 4.78 is 17.7. The molecule has 4 rings (SSSR count). The van der Waals surface area contributed by atoms with Crippen LogP contribution in [0.15, 0.2) is 47.3 Å². The van der Waals surface area contributed by atoms with Crippen LogP contribution >= 0.6 is 30.8 Å². The van der Waals surface area contributed by atoms with Crippen LogP contribution in [0.2, 0.25) is 5.02 Å². The fraction of sp³-hybridized carbons (Fsp3) is 0.537. The molecule has 0 spiro atoms. The van der Waals surface area contributed by atoms with Crippen LogP contribution in [-0.4, -0.2) is 132 Å². The third kappa shape index (κ3) is 16.9. The van der Waals surface area contributed by atoms with Crippen LogP contribution in [0.5, 0.6) is 0 Å². The number of phosphoric acid groups is 1. The van der Waals surface area contributed by atoms with Crippen LogP contribution in [0.3, 0.4) is 0 Å². The number of oxime groups is 1. The summed E-state index contributed by atoms with van der Waals surface area (Å²) in [5.41, 5.74) is 7.40. The summed E-state index contributed by atoms with van der Waals surface area (Å²) in [7, 11) is -5.13. The number of carbonyl (C=O) groups excluding carboxylic acids is 6. The molecule has 1 fully saturated rings. The molecule has 0 saturated carbocycles. The summed E-state index contributed by atoms with van der Waals surface area (Å²) in [6.45, 7) is 6.27. The highest BCUT2D eigenvalue weighted by Crippen LogP contribution is 2.38. The molecular weight excluding hydrogens is 923 g/mol. The highest BCUT2D eigenvalue weighted by molar-refractivity contribution is 7.46. The van der Waals surface area contributed by atoms with Gasteiger partial charge >= 0.3 is 7.82 Å². The highest BCUT2D eigenvalue weighted by Gasteiger charge is 2.37. The minimum Gasteiger partial charge on any atom is -0.396 e. The van der Waals surface area contributed by atoms with Crippen molar-refractivity contribution >= 4 is 72.4 Å². The van der Waals surface area contributed by atoms with Gasteiger partial charge in [-0.05, 0) is 63.5 Å². The fourth-order valence-electron chi connectivity index (χ4n) is 7.08. The number of phosphoric ester groups is 1. The predicted molar refractivity (Wildman–Crippen MR) is 242 cm³/mol. The molecule has 0 unspecified atom stereocenters. The van der Waals surface area contributed by atoms with Gasteiger partial charge in [-0.15, -0.1) is 11.3 Å². The zero-order valence-electron chi connectivity index (χ0n) is 37.0. The number of thiazole rings is 1. The molecule has 6 amide bonds. The first-order valence-corrected chi connectivity index (χ1v) is 24.0. The van der Waals surface area contributed by atoms with E-state index < -0.39 is 80.3 Å². The third-order valence-electron chi connectivity index (χ3n) is 10.3. The van der Waals surface area contributed by atoms with Gasteiger partial charge in [-0.3, -0.25) is 33.3 Å². The van der Waals surface area contributed by atoms with Gasteiger partial charge in [-0.25, -0.2) is 14.5 Å². The van der Waals surface area contributed by atoms with Gasteiger partial charge in [0, 0.05) is 54.3 Å². The molecule has 0 radical (unpaired) electrons. The van der Waals surface area contributed by atoms with Crippen molar-refractivity contribution in [3.63, 3.8) is 0 Å². The van der Waals surface area contributed by atoms with E-state index in [0.717, 1.165) is 23.9 Å². The number of likely N-dealkylation sites (tertiary alicyclic amines) is 1. The number of halogens is 1. The SMILES string of the molecule is CC(=O)N1CCC[C@H]1C(=O)N[C@@H](CC(C)C)C(=O)N[C@@H](Cc1cncn1CCCCCO/N=C/c1csc(-c2cccc(Cl)c2)n1)C(=O)N[C@@H](CO)C(=O)N[C@H](C(N)=O)[C@@H](C)OP(=O)(O)O. The Hall–Kier alpha value is -5.29. The number of imidazole rings is 1. The number of aliphatic hydroxyl groups is 1. The zero-order valence-corrected chi connectivity index (χ0v) is 39.5. The number of primary amides is 1. The number of nitrogens with two attached hydrogens (primary N) is 1. The normalized spacial score (nSPS) is 16.3. The van der Waals surface area contributed by atoms with Gasteiger partial charge in [0.25, 0.3) is 0 Å². The van der Waals surface area contributed by atoms with Gasteiger partial charge in [0.15, 0.2) is 0 Å². The van der Waals surface area contributed by atoms with E-state index >= 15 is 0 Å². The summed E-state index contributed by atoms with van der Waals surface area (Å²) in [5, 5.41) is 27.4. The van der Waals surface area contributed by atoms with Crippen molar-refractivity contribution in [3.8, 4) is 10.6 Å². The largest absolute Gasteiger partial charge is 0.469 e. The molecule has 25 heteroatoms. The van der Waals surface area contributed by atoms with Gasteiger partial charge in [0.2, 0.25) is 35.4 Å². The molecule has 22 nitrogen and oxygen atoms in total. The molecule has 1 aliphatic rings. The molecule has 1 aliphatic heterocycles. The quantitative estimate of drug-likeness (QED) is 0.0244. The van der Waals surface area contributed by atoms with E-state index in [2.05, 4.69) is 40.9 Å². The average Bonchev–Trinajstić information content (AvgIpc) is 4.03. The second kappa shape index (κ2) is 25.6. The molecule has 1 saturated heterocycles. The second-order valence-corrected chi connectivity index (χ2v) is 18.5. The molecule has 0 aliphatic carbocycles. The first kappa shape index (κ1) is 53.3. The van der Waals surface area contributed by atoms with Crippen molar-refractivity contribution in [2.24, 2.45) is 16.8 Å². The van der Waals surface area contributed by atoms with Gasteiger partial charge in [0.1, 0.15) is 41.8 Å². The van der Waals surface area contributed by atoms with E-state index in [0.29, 0.717) is 61.8 Å². The standard InChI is InChI=1S/C41H58ClN10O12PS/c1-24(2)16-31(48-40(59)34-12-9-14-52(34)26(4)54)37(56)47-32(38(57)49-33(21-53)39(58)50-35(36(43)55)25(3)64-65(60,61)62)18-30-20-44-23-51(30)13-6-5-7-15-63-45-19-29-22-66-41(46-29)27-10-8-11-28(42)17-27/h8,10-11,17,19-20,22-25,31-35,53H,5-7,9,12-16,18,21H2,1-4H3,(H2,43,55)(H,47,56)(H,48,59)(H,49,57)(H,50,58)(H2,60,61,62)/b45-19+/t25-,31+,32+,33+,34+,35+/m1/s1. The molecule has 362 valence electrons. The number of unbranched alkanes of at least 4 members (excludes halogenated alkanes) is 2. The summed E-state index contributed by atoms with van der Waals surface area (Å²) in [6.07, 6.45) is 5.99. The van der Waals surface area contributed by atoms with E-state index in [4.69, 9.17) is 22.2 Å². The van der Waals surface area contributed by atoms with E-state index in [1.165, 1.54) is 35.6 Å². The zero-order chi connectivity index (χ0) is 48.6. The van der Waals surface area contributed by atoms with Crippen molar-refractivity contribution in [1.82, 2.24) is 40.7 Å². The number of nitrogens with zero attached hydrogens (tertiary/aromatic N) is 5. The lowest BCUT2D eigenvalue weighted by Gasteiger charge is -2.28. The Balaban J connectivity index is 1.43. The minimum absolute atomic E-state index is 0.108. The van der Waals surface area contributed by atoms with Gasteiger partial charge in [0.05, 0.1) is 30.9 Å². The Morgan fingerprint density at radius 1 is 1.03 bits per heavy atom. The molecule has 0 bridgehead atoms. The number of rotatable bonds is 26. The molecule has 66 heavy (non-hydrogen) atoms. The summed E-state index contributed by atoms with van der Waals surface area (Å²) >= 11 is 7.56. The van der Waals surface area contributed by atoms with E-state index in [9.17, 15) is 48.2 Å². The molecule has 6 atom stereocenters. The van der Waals surface area contributed by atoms with Crippen LogP contribution in [0.4, 0.5) is 0 Å². The monoisotopic (exact) mass is 980 g/mol. The van der Waals surface area contributed by atoms with Crippen molar-refractivity contribution in [1.29, 1.82) is 0 Å². The van der Waals surface area contributed by atoms with Crippen LogP contribution in [0.1, 0.15) is 77.6 Å². The summed E-state index contributed by atoms with van der Waals surface area (Å²) in [5.74, 6) is -5.01. The fourth-order valence-corrected chi connectivity index (χ4v) is 8.60. The van der Waals surface area contributed by atoms with Gasteiger partial charge < -0.3 is 56.2 Å². The Bertz CT molecular complexity index is 2220. The summed E-state index contributed by atoms with van der Waals surface area (Å²) in [4.78, 5) is 113. The lowest BCUT2D eigenvalue weighted by Crippen LogP contribution is -2.61. The smallest absolute Gasteiger partial charge is 0.396 e. The average molecular weight is 981 g/mol. The Kier molecular flexibility index (Phi) is 20.7. The molecule has 3 heterocycles. The van der Waals surface area contributed by atoms with Crippen LogP contribution < -0.4 is 27.0 Å². The Morgan fingerprint density at radius 3 is 2.41 bits per heavy atom. The molecule has 3 aromatic rings. The number of amides is 6. The number of aromatic nitrogens is 3. The Labute approximate surface area is 390 Å². The third-order valence-corrected chi connectivity index (χ3v) is 12.1. The molecule has 2 aromatic heterocycles. The topological polar surface area (TPSA) is 319 Å². The van der Waals surface area contributed by atoms with E-state index in [-0.39, 0.29) is 24.7 Å². The molecule has 1 aromatic carbocycles. The Morgan fingerprint density at radius 2 is 1.74 bits per heavy atom. The van der Waals surface area contributed by atoms with Crippen LogP contribution in [0, 0.1) is 5.92 Å². The van der Waals surface area contributed by atoms with Crippen molar-refractivity contribution < 1.29 is 57.6 Å². The maximum absolute atomic E-state index is 14.0. The number of hydrogen-bond acceptors (Lipinski definition) is 14. The molecule has 9 N–H and O–H groups in total. The van der Waals surface area contributed by atoms with Crippen molar-refractivity contribution in [3.05, 3.63) is 58.6 Å². The highest BCUT2D eigenvalue weighted by atomic mass is 35.5. The van der Waals surface area contributed by atoms with Gasteiger partial charge in [-0.2, -0.15) is 0 Å². The molecular formula is C41H58ClN10O12PS. The predicted octanol–water partition coefficient (Wildman–Crippen LogP) is 1.40. The number of carbonyl (C=O) groups is 6. The minimum atomic E-state index is -5.13. The second-order valence-electron chi connectivity index (χ2n) is 16.1. The summed E-state index contributed by atoms with van der Waals surface area (Å²) in [6, 6.07) is 0.487. The van der Waals surface area contributed by atoms with Crippen molar-refractivity contribution in [2.45, 2.75) is 115 Å². The van der Waals surface area contributed by atoms with Gasteiger partial charge in [-0.1, -0.05) is 42.7 Å². The first-order chi connectivity index (χ1) is 31.3. The number of hydrogen-bond donors (Lipinski definition) is 8. The lowest BCUT2D eigenvalue weighted by molar-refractivity contribution is -0.139. The van der Waals surface area contributed by atoms with E-state index in [1.807, 2.05) is 37.4 Å². The lowest BCUT2D eigenvalue weighted by atomic mass is 10.0. The number of nitrogens with one attached hydrogen (secondary N) is 4. The van der Waals surface area contributed by atoms with Crippen molar-refractivity contribution in [2.75, 3.05) is 19.8 Å². The number of aliphatic hydroxyl groups excluding tert-OH is 1. The first-order valence-electron chi connectivity index (χ1n) is 21.2. The number of aryl methyl sites for hydroxylation is 1. The van der Waals surface area contributed by atoms with E-state index in [1.54, 1.807) is 17.0 Å². The number of benzene rings is 1. The van der Waals surface area contributed by atoms with Crippen LogP contribution in [0.25, 0.3) is 10.6 Å². The maximum atomic E-state index is 14.0. The maximum Gasteiger partial charge on any atom is 0.469 e. The van der Waals surface area contributed by atoms with Crippen LogP contribution in [-0.2, 0) is 55.7 Å².